The number of hydrogen-bond donors (Lipinski definition) is 2. The van der Waals surface area contributed by atoms with Crippen LogP contribution in [0.25, 0.3) is 0 Å². The van der Waals surface area contributed by atoms with Crippen molar-refractivity contribution in [3.63, 3.8) is 0 Å². The molecule has 0 radical (unpaired) electrons. The minimum absolute atomic E-state index is 0. The molecule has 0 saturated carbocycles. The lowest BCUT2D eigenvalue weighted by atomic mass is 10.1. The van der Waals surface area contributed by atoms with Gasteiger partial charge in [-0.2, -0.15) is 4.31 Å². The summed E-state index contributed by atoms with van der Waals surface area (Å²) < 4.78 is 27.0. The molecule has 0 saturated heterocycles. The highest BCUT2D eigenvalue weighted by Crippen LogP contribution is 2.26. The average molecular weight is 426 g/mol. The van der Waals surface area contributed by atoms with Crippen molar-refractivity contribution in [2.24, 2.45) is 0 Å². The van der Waals surface area contributed by atoms with Crippen molar-refractivity contribution in [1.82, 2.24) is 4.31 Å². The van der Waals surface area contributed by atoms with Gasteiger partial charge in [0.1, 0.15) is 0 Å². The van der Waals surface area contributed by atoms with Gasteiger partial charge in [-0.15, -0.1) is 12.4 Å². The van der Waals surface area contributed by atoms with Crippen LogP contribution < -0.4 is 11.1 Å². The lowest BCUT2D eigenvalue weighted by Gasteiger charge is -2.20. The molecular weight excluding hydrogens is 398 g/mol. The van der Waals surface area contributed by atoms with Crippen molar-refractivity contribution in [3.8, 4) is 0 Å². The van der Waals surface area contributed by atoms with Crippen molar-refractivity contribution in [3.05, 3.63) is 53.1 Å². The molecule has 0 heterocycles. The molecule has 0 aliphatic carbocycles. The SMILES string of the molecule is CCN(CC)S(=O)(=O)c1cc(C)c(C)c(NC(=O)Cc2ccc(N)cc2)c1.Cl. The zero-order valence-corrected chi connectivity index (χ0v) is 18.3. The van der Waals surface area contributed by atoms with Crippen molar-refractivity contribution in [1.29, 1.82) is 0 Å². The molecule has 0 atom stereocenters. The number of amides is 1. The predicted octanol–water partition coefficient (Wildman–Crippen LogP) is 3.52. The molecular formula is C20H28ClN3O3S. The van der Waals surface area contributed by atoms with E-state index in [1.54, 1.807) is 44.2 Å². The quantitative estimate of drug-likeness (QED) is 0.664. The van der Waals surface area contributed by atoms with E-state index in [2.05, 4.69) is 5.32 Å². The van der Waals surface area contributed by atoms with Gasteiger partial charge in [0.2, 0.25) is 15.9 Å². The molecule has 8 heteroatoms. The van der Waals surface area contributed by atoms with Gasteiger partial charge < -0.3 is 11.1 Å². The molecule has 0 aliphatic heterocycles. The number of halogens is 1. The summed E-state index contributed by atoms with van der Waals surface area (Å²) in [5.41, 5.74) is 9.31. The number of rotatable bonds is 7. The highest BCUT2D eigenvalue weighted by Gasteiger charge is 2.23. The van der Waals surface area contributed by atoms with E-state index in [0.717, 1.165) is 16.7 Å². The molecule has 0 aromatic heterocycles. The molecule has 0 bridgehead atoms. The molecule has 28 heavy (non-hydrogen) atoms. The van der Waals surface area contributed by atoms with Gasteiger partial charge in [-0.3, -0.25) is 4.79 Å². The largest absolute Gasteiger partial charge is 0.399 e. The van der Waals surface area contributed by atoms with Gasteiger partial charge in [0.05, 0.1) is 11.3 Å². The first-order valence-corrected chi connectivity index (χ1v) is 10.4. The maximum atomic E-state index is 12.8. The van der Waals surface area contributed by atoms with Crippen LogP contribution in [0.15, 0.2) is 41.3 Å². The Morgan fingerprint density at radius 1 is 1.07 bits per heavy atom. The van der Waals surface area contributed by atoms with E-state index in [-0.39, 0.29) is 29.6 Å². The number of nitrogens with one attached hydrogen (secondary N) is 1. The van der Waals surface area contributed by atoms with E-state index in [1.807, 2.05) is 13.8 Å². The number of aryl methyl sites for hydroxylation is 1. The highest BCUT2D eigenvalue weighted by atomic mass is 35.5. The number of anilines is 2. The van der Waals surface area contributed by atoms with E-state index in [0.29, 0.717) is 24.5 Å². The van der Waals surface area contributed by atoms with Gasteiger partial charge >= 0.3 is 0 Å². The number of carbonyl (C=O) groups excluding carboxylic acids is 1. The summed E-state index contributed by atoms with van der Waals surface area (Å²) in [6, 6.07) is 10.3. The Morgan fingerprint density at radius 2 is 1.64 bits per heavy atom. The number of benzene rings is 2. The monoisotopic (exact) mass is 425 g/mol. The van der Waals surface area contributed by atoms with E-state index >= 15 is 0 Å². The Kier molecular flexibility index (Phi) is 8.48. The van der Waals surface area contributed by atoms with Crippen molar-refractivity contribution in [2.45, 2.75) is 39.0 Å². The van der Waals surface area contributed by atoms with Gasteiger partial charge in [0.15, 0.2) is 0 Å². The minimum Gasteiger partial charge on any atom is -0.399 e. The molecule has 0 aliphatic rings. The first-order chi connectivity index (χ1) is 12.7. The zero-order chi connectivity index (χ0) is 20.2. The summed E-state index contributed by atoms with van der Waals surface area (Å²) in [5.74, 6) is -0.209. The standard InChI is InChI=1S/C20H27N3O3S.ClH/c1-5-23(6-2)27(25,26)18-11-14(3)15(4)19(13-18)22-20(24)12-16-7-9-17(21)10-8-16;/h7-11,13H,5-6,12,21H2,1-4H3,(H,22,24);1H. The number of hydrogen-bond acceptors (Lipinski definition) is 4. The second-order valence-corrected chi connectivity index (χ2v) is 8.41. The molecule has 3 N–H and O–H groups in total. The van der Waals surface area contributed by atoms with Crippen LogP contribution in [0.5, 0.6) is 0 Å². The summed E-state index contributed by atoms with van der Waals surface area (Å²) in [6.45, 7) is 8.10. The fourth-order valence-corrected chi connectivity index (χ4v) is 4.40. The highest BCUT2D eigenvalue weighted by molar-refractivity contribution is 7.89. The predicted molar refractivity (Wildman–Crippen MR) is 116 cm³/mol. The molecule has 1 amide bonds. The Labute approximate surface area is 173 Å². The fraction of sp³-hybridized carbons (Fsp3) is 0.350. The molecule has 0 unspecified atom stereocenters. The second kappa shape index (κ2) is 9.91. The first kappa shape index (κ1) is 23.9. The third-order valence-electron chi connectivity index (χ3n) is 4.60. The summed E-state index contributed by atoms with van der Waals surface area (Å²) in [6.07, 6.45) is 0.186. The Hall–Kier alpha value is -2.09. The molecule has 0 spiro atoms. The Morgan fingerprint density at radius 3 is 2.18 bits per heavy atom. The lowest BCUT2D eigenvalue weighted by Crippen LogP contribution is -2.30. The molecule has 0 fully saturated rings. The fourth-order valence-electron chi connectivity index (χ4n) is 2.83. The summed E-state index contributed by atoms with van der Waals surface area (Å²) >= 11 is 0. The second-order valence-electron chi connectivity index (χ2n) is 6.47. The van der Waals surface area contributed by atoms with Crippen molar-refractivity contribution >= 4 is 39.7 Å². The minimum atomic E-state index is -3.59. The van der Waals surface area contributed by atoms with Gasteiger partial charge in [-0.25, -0.2) is 8.42 Å². The van der Waals surface area contributed by atoms with Crippen LogP contribution in [0, 0.1) is 13.8 Å². The van der Waals surface area contributed by atoms with E-state index in [9.17, 15) is 13.2 Å². The van der Waals surface area contributed by atoms with Crippen molar-refractivity contribution in [2.75, 3.05) is 24.1 Å². The Bertz CT molecular complexity index is 924. The summed E-state index contributed by atoms with van der Waals surface area (Å²) in [7, 11) is -3.59. The van der Waals surface area contributed by atoms with Crippen LogP contribution in [0.1, 0.15) is 30.5 Å². The topological polar surface area (TPSA) is 92.5 Å². The van der Waals surface area contributed by atoms with Crippen LogP contribution >= 0.6 is 12.4 Å². The molecule has 2 aromatic rings. The molecule has 2 aromatic carbocycles. The third-order valence-corrected chi connectivity index (χ3v) is 6.63. The number of nitrogen functional groups attached to an aromatic ring is 1. The zero-order valence-electron chi connectivity index (χ0n) is 16.7. The van der Waals surface area contributed by atoms with Crippen LogP contribution in [0.4, 0.5) is 11.4 Å². The normalized spacial score (nSPS) is 11.2. The number of nitrogens with zero attached hydrogens (tertiary/aromatic N) is 1. The van der Waals surface area contributed by atoms with Crippen LogP contribution in [0.2, 0.25) is 0 Å². The molecule has 154 valence electrons. The molecule has 6 nitrogen and oxygen atoms in total. The van der Waals surface area contributed by atoms with Crippen LogP contribution in [-0.4, -0.2) is 31.7 Å². The van der Waals surface area contributed by atoms with Gasteiger partial charge in [0, 0.05) is 24.5 Å². The Balaban J connectivity index is 0.00000392. The van der Waals surface area contributed by atoms with E-state index < -0.39 is 10.0 Å². The average Bonchev–Trinajstić information content (AvgIpc) is 2.61. The first-order valence-electron chi connectivity index (χ1n) is 8.94. The number of sulfonamides is 1. The summed E-state index contributed by atoms with van der Waals surface area (Å²) in [5, 5.41) is 2.85. The number of carbonyl (C=O) groups is 1. The van der Waals surface area contributed by atoms with Gasteiger partial charge in [-0.05, 0) is 54.8 Å². The summed E-state index contributed by atoms with van der Waals surface area (Å²) in [4.78, 5) is 12.6. The van der Waals surface area contributed by atoms with Gasteiger partial charge in [-0.1, -0.05) is 26.0 Å². The maximum absolute atomic E-state index is 12.8. The van der Waals surface area contributed by atoms with Gasteiger partial charge in [0.25, 0.3) is 0 Å². The lowest BCUT2D eigenvalue weighted by molar-refractivity contribution is -0.115. The van der Waals surface area contributed by atoms with Crippen molar-refractivity contribution < 1.29 is 13.2 Å². The van der Waals surface area contributed by atoms with Crippen LogP contribution in [0.3, 0.4) is 0 Å². The number of nitrogens with two attached hydrogens (primary N) is 1. The molecule has 2 rings (SSSR count). The third kappa shape index (κ3) is 5.47. The maximum Gasteiger partial charge on any atom is 0.243 e. The van der Waals surface area contributed by atoms with E-state index in [4.69, 9.17) is 5.73 Å². The van der Waals surface area contributed by atoms with Crippen LogP contribution in [-0.2, 0) is 21.2 Å². The van der Waals surface area contributed by atoms with E-state index in [1.165, 1.54) is 10.4 Å². The smallest absolute Gasteiger partial charge is 0.243 e.